The summed E-state index contributed by atoms with van der Waals surface area (Å²) in [6.45, 7) is 29.6. The van der Waals surface area contributed by atoms with E-state index >= 15 is 0 Å². The molecule has 0 saturated carbocycles. The minimum atomic E-state index is -1.38. The highest BCUT2D eigenvalue weighted by Crippen LogP contribution is 2.51. The Balaban J connectivity index is 1.53. The van der Waals surface area contributed by atoms with Gasteiger partial charge in [0.05, 0.1) is 42.0 Å². The Morgan fingerprint density at radius 3 is 0.826 bits per heavy atom. The van der Waals surface area contributed by atoms with Gasteiger partial charge < -0.3 is 0 Å². The molecule has 0 aliphatic rings. The van der Waals surface area contributed by atoms with Gasteiger partial charge in [-0.25, -0.2) is 0 Å². The van der Waals surface area contributed by atoms with E-state index in [1.807, 2.05) is 68.0 Å². The number of hydrogen-bond acceptors (Lipinski definition) is 6. The predicted molar refractivity (Wildman–Crippen MR) is 233 cm³/mol. The van der Waals surface area contributed by atoms with Gasteiger partial charge in [0.15, 0.2) is 0 Å². The molecule has 0 unspecified atom stereocenters. The highest BCUT2D eigenvalue weighted by Gasteiger charge is 2.27. The van der Waals surface area contributed by atoms with Crippen LogP contribution in [0.4, 0.5) is 0 Å². The first-order chi connectivity index (χ1) is 21.3. The molecular formula is C36H46S6Si4. The van der Waals surface area contributed by atoms with Gasteiger partial charge in [-0.3, -0.25) is 0 Å². The van der Waals surface area contributed by atoms with Crippen molar-refractivity contribution in [2.45, 2.75) is 78.6 Å². The van der Waals surface area contributed by atoms with E-state index in [1.54, 1.807) is 18.0 Å². The Morgan fingerprint density at radius 2 is 0.565 bits per heavy atom. The van der Waals surface area contributed by atoms with Crippen molar-refractivity contribution in [3.05, 3.63) is 60.7 Å². The zero-order chi connectivity index (χ0) is 33.4. The van der Waals surface area contributed by atoms with E-state index in [4.69, 9.17) is 0 Å². The quantitative estimate of drug-likeness (QED) is 0.128. The molecule has 6 rings (SSSR count). The summed E-state index contributed by atoms with van der Waals surface area (Å²) in [6, 6.07) is 24.3. The monoisotopic (exact) mass is 782 g/mol. The lowest BCUT2D eigenvalue weighted by Gasteiger charge is -2.12. The van der Waals surface area contributed by atoms with E-state index in [0.717, 1.165) is 0 Å². The van der Waals surface area contributed by atoms with Crippen molar-refractivity contribution >= 4 is 118 Å². The van der Waals surface area contributed by atoms with Gasteiger partial charge in [0.1, 0.15) is 0 Å². The van der Waals surface area contributed by atoms with Crippen molar-refractivity contribution in [3.8, 4) is 50.1 Å². The summed E-state index contributed by atoms with van der Waals surface area (Å²) in [4.78, 5) is 11.4. The van der Waals surface area contributed by atoms with Crippen LogP contribution in [0.1, 0.15) is 0 Å². The van der Waals surface area contributed by atoms with Gasteiger partial charge in [0.2, 0.25) is 0 Å². The lowest BCUT2D eigenvalue weighted by atomic mass is 10.1. The third-order valence-corrected chi connectivity index (χ3v) is 29.7. The third-order valence-electron chi connectivity index (χ3n) is 8.07. The third kappa shape index (κ3) is 7.17. The van der Waals surface area contributed by atoms with Gasteiger partial charge in [0.25, 0.3) is 0 Å². The molecule has 0 bridgehead atoms. The molecule has 6 aromatic heterocycles. The molecule has 10 heteroatoms. The molecule has 0 aromatic carbocycles. The Morgan fingerprint density at radius 1 is 0.304 bits per heavy atom. The maximum absolute atomic E-state index is 2.52. The molecule has 0 N–H and O–H groups in total. The molecule has 0 aliphatic carbocycles. The fourth-order valence-electron chi connectivity index (χ4n) is 5.25. The van der Waals surface area contributed by atoms with Crippen molar-refractivity contribution in [1.82, 2.24) is 0 Å². The second-order valence-electron chi connectivity index (χ2n) is 16.4. The maximum Gasteiger partial charge on any atom is 0.0904 e. The van der Waals surface area contributed by atoms with Gasteiger partial charge >= 0.3 is 0 Å². The van der Waals surface area contributed by atoms with Crippen LogP contribution in [0.15, 0.2) is 60.7 Å². The fraction of sp³-hybridized carbons (Fsp3) is 0.333. The topological polar surface area (TPSA) is 0 Å². The number of thiophene rings is 6. The van der Waals surface area contributed by atoms with Crippen LogP contribution in [0.2, 0.25) is 78.6 Å². The largest absolute Gasteiger partial charge is 0.145 e. The molecule has 0 amide bonds. The summed E-state index contributed by atoms with van der Waals surface area (Å²) < 4.78 is 6.35. The average Bonchev–Trinajstić information content (AvgIpc) is 3.77. The van der Waals surface area contributed by atoms with Crippen LogP contribution in [-0.4, -0.2) is 32.3 Å². The Kier molecular flexibility index (Phi) is 9.44. The molecule has 46 heavy (non-hydrogen) atoms. The lowest BCUT2D eigenvalue weighted by molar-refractivity contribution is 1.78. The molecular weight excluding hydrogens is 737 g/mol. The SMILES string of the molecule is C[Si](C)(C)c1ccc(-c2cc(-c3cc(-c4ccc([Si](C)(C)C)s4)c(-c4ccc([Si](C)(C)C)s4)s3)sc2-c2ccc([Si](C)(C)C)s2)s1. The molecule has 6 heterocycles. The van der Waals surface area contributed by atoms with Gasteiger partial charge in [-0.05, 0) is 54.4 Å². The second-order valence-corrected chi connectivity index (χ2v) is 44.4. The summed E-state index contributed by atoms with van der Waals surface area (Å²) in [6.07, 6.45) is 0. The molecule has 0 nitrogen and oxygen atoms in total. The summed E-state index contributed by atoms with van der Waals surface area (Å²) in [5.74, 6) is 0. The van der Waals surface area contributed by atoms with Crippen LogP contribution in [-0.2, 0) is 0 Å². The van der Waals surface area contributed by atoms with Crippen molar-refractivity contribution in [2.75, 3.05) is 0 Å². The minimum absolute atomic E-state index is 1.38. The summed E-state index contributed by atoms with van der Waals surface area (Å²) in [5, 5.41) is 0. The van der Waals surface area contributed by atoms with E-state index in [-0.39, 0.29) is 0 Å². The fourth-order valence-corrected chi connectivity index (χ4v) is 19.7. The zero-order valence-electron chi connectivity index (χ0n) is 29.2. The highest BCUT2D eigenvalue weighted by atomic mass is 32.1. The van der Waals surface area contributed by atoms with Crippen LogP contribution >= 0.6 is 68.0 Å². The smallest absolute Gasteiger partial charge is 0.0904 e. The Hall–Kier alpha value is -0.932. The minimum Gasteiger partial charge on any atom is -0.145 e. The Labute approximate surface area is 304 Å². The zero-order valence-corrected chi connectivity index (χ0v) is 38.1. The van der Waals surface area contributed by atoms with Gasteiger partial charge in [-0.1, -0.05) is 103 Å². The van der Waals surface area contributed by atoms with Crippen LogP contribution in [0.3, 0.4) is 0 Å². The molecule has 0 radical (unpaired) electrons. The first-order valence-electron chi connectivity index (χ1n) is 16.0. The van der Waals surface area contributed by atoms with Crippen LogP contribution in [0.5, 0.6) is 0 Å². The first-order valence-corrected chi connectivity index (χ1v) is 34.9. The molecule has 0 saturated heterocycles. The second kappa shape index (κ2) is 12.4. The first kappa shape index (κ1) is 34.9. The maximum atomic E-state index is 2.52. The molecule has 0 spiro atoms. The van der Waals surface area contributed by atoms with Gasteiger partial charge in [-0.15, -0.1) is 68.0 Å². The average molecular weight is 784 g/mol. The van der Waals surface area contributed by atoms with Crippen molar-refractivity contribution in [2.24, 2.45) is 0 Å². The molecule has 6 aromatic rings. The number of rotatable bonds is 9. The number of hydrogen-bond donors (Lipinski definition) is 0. The van der Waals surface area contributed by atoms with Crippen molar-refractivity contribution < 1.29 is 0 Å². The van der Waals surface area contributed by atoms with E-state index < -0.39 is 32.3 Å². The van der Waals surface area contributed by atoms with Crippen LogP contribution in [0.25, 0.3) is 50.1 Å². The lowest BCUT2D eigenvalue weighted by Crippen LogP contribution is -2.34. The highest BCUT2D eigenvalue weighted by molar-refractivity contribution is 7.35. The van der Waals surface area contributed by atoms with Gasteiger partial charge in [-0.2, -0.15) is 0 Å². The molecule has 0 aliphatic heterocycles. The van der Waals surface area contributed by atoms with E-state index in [0.29, 0.717) is 0 Å². The van der Waals surface area contributed by atoms with E-state index in [1.165, 1.54) is 50.1 Å². The van der Waals surface area contributed by atoms with Crippen LogP contribution in [0, 0.1) is 0 Å². The van der Waals surface area contributed by atoms with E-state index in [9.17, 15) is 0 Å². The van der Waals surface area contributed by atoms with E-state index in [2.05, 4.69) is 139 Å². The summed E-state index contributed by atoms with van der Waals surface area (Å²) in [7, 11) is -5.53. The Bertz CT molecular complexity index is 1710. The predicted octanol–water partition coefficient (Wildman–Crippen LogP) is 12.6. The standard InChI is InChI=1S/C36H46S6Si4/c1-43(2,3)31-17-13-25(37-31)23-21-29(41-35(23)27-15-19-33(39-27)45(7,8)9)30-22-24(26-14-18-32(38-26)44(4,5)6)36(42-30)28-16-20-34(40-28)46(10,11)12/h13-22H,1-12H3. The molecule has 0 atom stereocenters. The van der Waals surface area contributed by atoms with Crippen molar-refractivity contribution in [1.29, 1.82) is 0 Å². The van der Waals surface area contributed by atoms with Crippen molar-refractivity contribution in [3.63, 3.8) is 0 Å². The molecule has 242 valence electrons. The summed E-state index contributed by atoms with van der Waals surface area (Å²) in [5.41, 5.74) is 2.84. The van der Waals surface area contributed by atoms with Crippen LogP contribution < -0.4 is 18.0 Å². The summed E-state index contributed by atoms with van der Waals surface area (Å²) >= 11 is 12.1. The molecule has 0 fully saturated rings. The normalized spacial score (nSPS) is 13.2. The van der Waals surface area contributed by atoms with Gasteiger partial charge in [0, 0.05) is 40.4 Å².